The molecule has 0 fully saturated rings. The van der Waals surface area contributed by atoms with Gasteiger partial charge in [-0.3, -0.25) is 14.4 Å². The summed E-state index contributed by atoms with van der Waals surface area (Å²) in [6, 6.07) is 18.1. The molecule has 0 saturated heterocycles. The molecule has 0 bridgehead atoms. The molecular formula is C24H24N2O5. The minimum Gasteiger partial charge on any atom is -0.497 e. The van der Waals surface area contributed by atoms with E-state index in [4.69, 9.17) is 9.47 Å². The van der Waals surface area contributed by atoms with Gasteiger partial charge in [-0.2, -0.15) is 0 Å². The predicted molar refractivity (Wildman–Crippen MR) is 119 cm³/mol. The van der Waals surface area contributed by atoms with Crippen molar-refractivity contribution >= 4 is 39.9 Å². The number of ether oxygens (including phenoxy) is 2. The first-order valence-electron chi connectivity index (χ1n) is 9.77. The number of nitrogens with one attached hydrogen (secondary N) is 2. The Hall–Kier alpha value is -3.87. The molecule has 2 N–H and O–H groups in total. The molecule has 31 heavy (non-hydrogen) atoms. The zero-order chi connectivity index (χ0) is 22.4. The fourth-order valence-corrected chi connectivity index (χ4v) is 3.11. The molecule has 7 nitrogen and oxygen atoms in total. The fraction of sp³-hybridized carbons (Fsp3) is 0.208. The zero-order valence-electron chi connectivity index (χ0n) is 17.6. The molecule has 0 aromatic heterocycles. The number of carbonyl (C=O) groups excluding carboxylic acids is 3. The van der Waals surface area contributed by atoms with E-state index in [1.54, 1.807) is 38.3 Å². The number of hydrogen-bond acceptors (Lipinski definition) is 5. The molecular weight excluding hydrogens is 396 g/mol. The van der Waals surface area contributed by atoms with Gasteiger partial charge in [-0.05, 0) is 53.6 Å². The van der Waals surface area contributed by atoms with Gasteiger partial charge in [-0.15, -0.1) is 0 Å². The number of methoxy groups -OCH3 is 1. The lowest BCUT2D eigenvalue weighted by atomic mass is 9.98. The lowest BCUT2D eigenvalue weighted by Crippen LogP contribution is -2.23. The number of anilines is 2. The number of amides is 2. The van der Waals surface area contributed by atoms with Crippen LogP contribution in [0.5, 0.6) is 5.75 Å². The van der Waals surface area contributed by atoms with Crippen LogP contribution in [-0.4, -0.2) is 31.5 Å². The number of fused-ring (bicyclic) bond motifs is 1. The van der Waals surface area contributed by atoms with E-state index in [0.717, 1.165) is 22.1 Å². The van der Waals surface area contributed by atoms with Crippen molar-refractivity contribution in [2.45, 2.75) is 19.8 Å². The Morgan fingerprint density at radius 1 is 0.903 bits per heavy atom. The van der Waals surface area contributed by atoms with Crippen LogP contribution in [0.1, 0.15) is 25.3 Å². The summed E-state index contributed by atoms with van der Waals surface area (Å²) in [6.07, 6.45) is 0. The SMILES string of the molecule is COc1ccc2cc([C@H](C)C(=O)OCC(=O)Nc3cccc(NC(C)=O)c3)ccc2c1. The average molecular weight is 420 g/mol. The largest absolute Gasteiger partial charge is 0.497 e. The van der Waals surface area contributed by atoms with Crippen LogP contribution in [0.25, 0.3) is 10.8 Å². The highest BCUT2D eigenvalue weighted by Crippen LogP contribution is 2.25. The van der Waals surface area contributed by atoms with Gasteiger partial charge in [0.2, 0.25) is 5.91 Å². The van der Waals surface area contributed by atoms with Crippen LogP contribution in [0.15, 0.2) is 60.7 Å². The van der Waals surface area contributed by atoms with Crippen LogP contribution >= 0.6 is 0 Å². The second kappa shape index (κ2) is 9.75. The summed E-state index contributed by atoms with van der Waals surface area (Å²) in [7, 11) is 1.61. The Morgan fingerprint density at radius 3 is 2.29 bits per heavy atom. The first-order chi connectivity index (χ1) is 14.9. The third-order valence-corrected chi connectivity index (χ3v) is 4.74. The summed E-state index contributed by atoms with van der Waals surface area (Å²) in [5.74, 6) is -0.927. The maximum absolute atomic E-state index is 12.4. The third-order valence-electron chi connectivity index (χ3n) is 4.74. The molecule has 0 radical (unpaired) electrons. The molecule has 0 heterocycles. The lowest BCUT2D eigenvalue weighted by molar-refractivity contribution is -0.148. The molecule has 160 valence electrons. The van der Waals surface area contributed by atoms with Crippen molar-refractivity contribution in [2.24, 2.45) is 0 Å². The molecule has 0 unspecified atom stereocenters. The number of carbonyl (C=O) groups is 3. The van der Waals surface area contributed by atoms with Gasteiger partial charge in [0.05, 0.1) is 13.0 Å². The number of benzene rings is 3. The lowest BCUT2D eigenvalue weighted by Gasteiger charge is -2.13. The summed E-state index contributed by atoms with van der Waals surface area (Å²) < 4.78 is 10.4. The van der Waals surface area contributed by atoms with Crippen molar-refractivity contribution in [1.29, 1.82) is 0 Å². The highest BCUT2D eigenvalue weighted by molar-refractivity contribution is 5.95. The van der Waals surface area contributed by atoms with E-state index in [-0.39, 0.29) is 5.91 Å². The first kappa shape index (κ1) is 21.8. The fourth-order valence-electron chi connectivity index (χ4n) is 3.11. The standard InChI is InChI=1S/C24H24N2O5/c1-15(17-7-8-19-12-22(30-3)10-9-18(19)11-17)24(29)31-14-23(28)26-21-6-4-5-20(13-21)25-16(2)27/h4-13,15H,14H2,1-3H3,(H,25,27)(H,26,28)/t15-/m0/s1. The average Bonchev–Trinajstić information content (AvgIpc) is 2.76. The van der Waals surface area contributed by atoms with Crippen LogP contribution in [0, 0.1) is 0 Å². The summed E-state index contributed by atoms with van der Waals surface area (Å²) in [4.78, 5) is 35.7. The Balaban J connectivity index is 1.58. The Bertz CT molecular complexity index is 1130. The van der Waals surface area contributed by atoms with E-state index in [1.807, 2.05) is 36.4 Å². The Kier molecular flexibility index (Phi) is 6.87. The topological polar surface area (TPSA) is 93.7 Å². The van der Waals surface area contributed by atoms with Crippen molar-refractivity contribution in [3.05, 3.63) is 66.2 Å². The monoisotopic (exact) mass is 420 g/mol. The van der Waals surface area contributed by atoms with Gasteiger partial charge >= 0.3 is 5.97 Å². The van der Waals surface area contributed by atoms with Crippen molar-refractivity contribution in [3.8, 4) is 5.75 Å². The van der Waals surface area contributed by atoms with Crippen molar-refractivity contribution in [3.63, 3.8) is 0 Å². The molecule has 7 heteroatoms. The van der Waals surface area contributed by atoms with Crippen LogP contribution in [0.3, 0.4) is 0 Å². The second-order valence-electron chi connectivity index (χ2n) is 7.11. The minimum atomic E-state index is -0.526. The van der Waals surface area contributed by atoms with Gasteiger partial charge < -0.3 is 20.1 Å². The van der Waals surface area contributed by atoms with Gasteiger partial charge in [-0.25, -0.2) is 0 Å². The van der Waals surface area contributed by atoms with E-state index in [2.05, 4.69) is 10.6 Å². The van der Waals surface area contributed by atoms with Crippen molar-refractivity contribution in [1.82, 2.24) is 0 Å². The summed E-state index contributed by atoms with van der Waals surface area (Å²) in [5, 5.41) is 7.27. The normalized spacial score (nSPS) is 11.5. The van der Waals surface area contributed by atoms with E-state index in [9.17, 15) is 14.4 Å². The van der Waals surface area contributed by atoms with Crippen LogP contribution < -0.4 is 15.4 Å². The van der Waals surface area contributed by atoms with Crippen molar-refractivity contribution < 1.29 is 23.9 Å². The molecule has 1 atom stereocenters. The third kappa shape index (κ3) is 5.82. The molecule has 2 amide bonds. The summed E-state index contributed by atoms with van der Waals surface area (Å²) in [5.41, 5.74) is 1.85. The molecule has 3 rings (SSSR count). The van der Waals surface area contributed by atoms with Crippen LogP contribution in [0.2, 0.25) is 0 Å². The maximum Gasteiger partial charge on any atom is 0.313 e. The highest BCUT2D eigenvalue weighted by atomic mass is 16.5. The smallest absolute Gasteiger partial charge is 0.313 e. The molecule has 0 spiro atoms. The van der Waals surface area contributed by atoms with Gasteiger partial charge in [0.1, 0.15) is 5.75 Å². The predicted octanol–water partition coefficient (Wildman–Crippen LogP) is 4.09. The zero-order valence-corrected chi connectivity index (χ0v) is 17.6. The number of rotatable bonds is 7. The molecule has 3 aromatic carbocycles. The molecule has 0 aliphatic rings. The quantitative estimate of drug-likeness (QED) is 0.562. The Morgan fingerprint density at radius 2 is 1.58 bits per heavy atom. The molecule has 0 aliphatic heterocycles. The first-order valence-corrected chi connectivity index (χ1v) is 9.77. The van der Waals surface area contributed by atoms with E-state index >= 15 is 0 Å². The highest BCUT2D eigenvalue weighted by Gasteiger charge is 2.18. The number of hydrogen-bond donors (Lipinski definition) is 2. The van der Waals surface area contributed by atoms with Crippen molar-refractivity contribution in [2.75, 3.05) is 24.4 Å². The minimum absolute atomic E-state index is 0.209. The van der Waals surface area contributed by atoms with Gasteiger partial charge in [0.15, 0.2) is 6.61 Å². The van der Waals surface area contributed by atoms with Crippen LogP contribution in [-0.2, 0) is 19.1 Å². The molecule has 0 aliphatic carbocycles. The van der Waals surface area contributed by atoms with E-state index < -0.39 is 24.4 Å². The Labute approximate surface area is 180 Å². The van der Waals surface area contributed by atoms with Crippen LogP contribution in [0.4, 0.5) is 11.4 Å². The maximum atomic E-state index is 12.4. The molecule has 3 aromatic rings. The van der Waals surface area contributed by atoms with Gasteiger partial charge in [0.25, 0.3) is 5.91 Å². The number of esters is 1. The second-order valence-corrected chi connectivity index (χ2v) is 7.11. The van der Waals surface area contributed by atoms with E-state index in [1.165, 1.54) is 6.92 Å². The van der Waals surface area contributed by atoms with E-state index in [0.29, 0.717) is 11.4 Å². The van der Waals surface area contributed by atoms with Gasteiger partial charge in [-0.1, -0.05) is 30.3 Å². The van der Waals surface area contributed by atoms with Gasteiger partial charge in [0, 0.05) is 18.3 Å². The summed E-state index contributed by atoms with van der Waals surface area (Å²) in [6.45, 7) is 2.73. The molecule has 0 saturated carbocycles. The summed E-state index contributed by atoms with van der Waals surface area (Å²) >= 11 is 0.